The maximum Gasteiger partial charge on any atom is 0.339 e. The predicted molar refractivity (Wildman–Crippen MR) is 84.3 cm³/mol. The van der Waals surface area contributed by atoms with E-state index in [0.717, 1.165) is 26.1 Å². The number of carbonyl (C=O) groups excluding carboxylic acids is 1. The lowest BCUT2D eigenvalue weighted by atomic mass is 10.1. The Hall–Kier alpha value is -2.20. The van der Waals surface area contributed by atoms with Crippen molar-refractivity contribution in [3.05, 3.63) is 66.0 Å². The number of carbonyl (C=O) groups is 1. The first-order chi connectivity index (χ1) is 10.8. The van der Waals surface area contributed by atoms with Crippen LogP contribution in [-0.2, 0) is 11.3 Å². The van der Waals surface area contributed by atoms with Crippen LogP contribution in [0.3, 0.4) is 0 Å². The van der Waals surface area contributed by atoms with Crippen LogP contribution in [0.5, 0.6) is 0 Å². The number of esters is 1. The smallest absolute Gasteiger partial charge is 0.339 e. The zero-order valence-corrected chi connectivity index (χ0v) is 12.5. The standard InChI is InChI=1S/C18H20N2O2/c21-18(17-7-4-9-19-11-17)22-14-16-8-10-20(13-16)12-15-5-2-1-3-6-15/h1-7,9,11,16H,8,10,12-14H2/t16-/m1/s1. The molecule has 4 heteroatoms. The van der Waals surface area contributed by atoms with E-state index in [1.165, 1.54) is 5.56 Å². The molecule has 3 rings (SSSR count). The number of likely N-dealkylation sites (tertiary alicyclic amines) is 1. The highest BCUT2D eigenvalue weighted by atomic mass is 16.5. The van der Waals surface area contributed by atoms with Crippen LogP contribution < -0.4 is 0 Å². The molecule has 2 aromatic rings. The van der Waals surface area contributed by atoms with Gasteiger partial charge in [0.2, 0.25) is 0 Å². The van der Waals surface area contributed by atoms with E-state index in [2.05, 4.69) is 34.1 Å². The van der Waals surface area contributed by atoms with E-state index in [-0.39, 0.29) is 5.97 Å². The van der Waals surface area contributed by atoms with E-state index in [1.807, 2.05) is 6.07 Å². The van der Waals surface area contributed by atoms with E-state index in [0.29, 0.717) is 18.1 Å². The second-order valence-electron chi connectivity index (χ2n) is 5.72. The summed E-state index contributed by atoms with van der Waals surface area (Å²) in [6, 6.07) is 13.9. The first-order valence-electron chi connectivity index (χ1n) is 7.65. The molecular formula is C18H20N2O2. The maximum atomic E-state index is 11.9. The molecule has 2 heterocycles. The Morgan fingerprint density at radius 1 is 1.23 bits per heavy atom. The summed E-state index contributed by atoms with van der Waals surface area (Å²) in [6.07, 6.45) is 4.26. The van der Waals surface area contributed by atoms with Gasteiger partial charge in [-0.25, -0.2) is 4.79 Å². The minimum atomic E-state index is -0.283. The molecule has 0 spiro atoms. The van der Waals surface area contributed by atoms with Crippen molar-refractivity contribution in [3.63, 3.8) is 0 Å². The molecule has 0 saturated carbocycles. The van der Waals surface area contributed by atoms with Gasteiger partial charge in [0.15, 0.2) is 0 Å². The molecule has 1 aliphatic heterocycles. The average molecular weight is 296 g/mol. The molecule has 0 radical (unpaired) electrons. The van der Waals surface area contributed by atoms with Gasteiger partial charge in [-0.3, -0.25) is 9.88 Å². The summed E-state index contributed by atoms with van der Waals surface area (Å²) < 4.78 is 5.40. The third-order valence-electron chi connectivity index (χ3n) is 3.97. The summed E-state index contributed by atoms with van der Waals surface area (Å²) in [5, 5.41) is 0. The molecule has 114 valence electrons. The van der Waals surface area contributed by atoms with Crippen LogP contribution in [0, 0.1) is 5.92 Å². The van der Waals surface area contributed by atoms with Gasteiger partial charge in [0.05, 0.1) is 12.2 Å². The Balaban J connectivity index is 1.44. The summed E-state index contributed by atoms with van der Waals surface area (Å²) in [7, 11) is 0. The Kier molecular flexibility index (Phi) is 4.81. The molecule has 22 heavy (non-hydrogen) atoms. The summed E-state index contributed by atoms with van der Waals surface area (Å²) in [5.74, 6) is 0.138. The van der Waals surface area contributed by atoms with Crippen LogP contribution in [-0.4, -0.2) is 35.5 Å². The van der Waals surface area contributed by atoms with Crippen LogP contribution in [0.25, 0.3) is 0 Å². The van der Waals surface area contributed by atoms with Crippen molar-refractivity contribution >= 4 is 5.97 Å². The fourth-order valence-electron chi connectivity index (χ4n) is 2.79. The van der Waals surface area contributed by atoms with Crippen LogP contribution in [0.2, 0.25) is 0 Å². The van der Waals surface area contributed by atoms with Crippen LogP contribution in [0.1, 0.15) is 22.3 Å². The number of ether oxygens (including phenoxy) is 1. The Morgan fingerprint density at radius 2 is 2.09 bits per heavy atom. The van der Waals surface area contributed by atoms with Gasteiger partial charge in [-0.1, -0.05) is 30.3 Å². The van der Waals surface area contributed by atoms with Gasteiger partial charge < -0.3 is 4.74 Å². The van der Waals surface area contributed by atoms with Gasteiger partial charge in [0.1, 0.15) is 0 Å². The van der Waals surface area contributed by atoms with Gasteiger partial charge in [0.25, 0.3) is 0 Å². The first-order valence-corrected chi connectivity index (χ1v) is 7.65. The largest absolute Gasteiger partial charge is 0.462 e. The number of benzene rings is 1. The zero-order chi connectivity index (χ0) is 15.2. The van der Waals surface area contributed by atoms with Crippen molar-refractivity contribution in [1.29, 1.82) is 0 Å². The lowest BCUT2D eigenvalue weighted by Gasteiger charge is -2.16. The Bertz CT molecular complexity index is 601. The molecule has 1 fully saturated rings. The number of pyridine rings is 1. The van der Waals surface area contributed by atoms with Gasteiger partial charge in [-0.2, -0.15) is 0 Å². The fraction of sp³-hybridized carbons (Fsp3) is 0.333. The van der Waals surface area contributed by atoms with E-state index in [9.17, 15) is 4.79 Å². The molecule has 0 N–H and O–H groups in total. The van der Waals surface area contributed by atoms with E-state index in [1.54, 1.807) is 24.5 Å². The predicted octanol–water partition coefficient (Wildman–Crippen LogP) is 2.76. The molecule has 0 bridgehead atoms. The van der Waals surface area contributed by atoms with Gasteiger partial charge in [0, 0.05) is 31.4 Å². The average Bonchev–Trinajstić information content (AvgIpc) is 3.02. The number of hydrogen-bond acceptors (Lipinski definition) is 4. The SMILES string of the molecule is O=C(OC[C@@H]1CCN(Cc2ccccc2)C1)c1cccnc1. The van der Waals surface area contributed by atoms with Crippen molar-refractivity contribution in [2.45, 2.75) is 13.0 Å². The van der Waals surface area contributed by atoms with Gasteiger partial charge >= 0.3 is 5.97 Å². The summed E-state index contributed by atoms with van der Waals surface area (Å²) in [6.45, 7) is 3.49. The van der Waals surface area contributed by atoms with Crippen molar-refractivity contribution < 1.29 is 9.53 Å². The molecule has 1 aromatic heterocycles. The molecule has 4 nitrogen and oxygen atoms in total. The van der Waals surface area contributed by atoms with E-state index < -0.39 is 0 Å². The van der Waals surface area contributed by atoms with Crippen molar-refractivity contribution in [2.75, 3.05) is 19.7 Å². The minimum Gasteiger partial charge on any atom is -0.462 e. The zero-order valence-electron chi connectivity index (χ0n) is 12.5. The minimum absolute atomic E-state index is 0.283. The quantitative estimate of drug-likeness (QED) is 0.796. The molecule has 1 aromatic carbocycles. The normalized spacial score (nSPS) is 18.3. The van der Waals surface area contributed by atoms with Crippen LogP contribution in [0.15, 0.2) is 54.9 Å². The second kappa shape index (κ2) is 7.18. The molecule has 0 amide bonds. The van der Waals surface area contributed by atoms with Crippen LogP contribution in [0.4, 0.5) is 0 Å². The highest BCUT2D eigenvalue weighted by Crippen LogP contribution is 2.19. The number of aromatic nitrogens is 1. The number of nitrogens with zero attached hydrogens (tertiary/aromatic N) is 2. The van der Waals surface area contributed by atoms with Crippen molar-refractivity contribution in [1.82, 2.24) is 9.88 Å². The molecular weight excluding hydrogens is 276 g/mol. The summed E-state index contributed by atoms with van der Waals surface area (Å²) in [5.41, 5.74) is 1.84. The number of rotatable bonds is 5. The fourth-order valence-corrected chi connectivity index (χ4v) is 2.79. The highest BCUT2D eigenvalue weighted by molar-refractivity contribution is 5.88. The maximum absolute atomic E-state index is 11.9. The summed E-state index contributed by atoms with van der Waals surface area (Å²) >= 11 is 0. The van der Waals surface area contributed by atoms with E-state index in [4.69, 9.17) is 4.74 Å². The Morgan fingerprint density at radius 3 is 2.86 bits per heavy atom. The van der Waals surface area contributed by atoms with Gasteiger partial charge in [-0.15, -0.1) is 0 Å². The third kappa shape index (κ3) is 3.92. The summed E-state index contributed by atoms with van der Waals surface area (Å²) in [4.78, 5) is 18.2. The van der Waals surface area contributed by atoms with E-state index >= 15 is 0 Å². The number of hydrogen-bond donors (Lipinski definition) is 0. The molecule has 0 unspecified atom stereocenters. The molecule has 1 atom stereocenters. The van der Waals surface area contributed by atoms with Crippen molar-refractivity contribution in [3.8, 4) is 0 Å². The highest BCUT2D eigenvalue weighted by Gasteiger charge is 2.23. The second-order valence-corrected chi connectivity index (χ2v) is 5.72. The topological polar surface area (TPSA) is 42.4 Å². The van der Waals surface area contributed by atoms with Crippen LogP contribution >= 0.6 is 0 Å². The lowest BCUT2D eigenvalue weighted by molar-refractivity contribution is 0.0442. The first kappa shape index (κ1) is 14.7. The lowest BCUT2D eigenvalue weighted by Crippen LogP contribution is -2.22. The molecule has 1 saturated heterocycles. The van der Waals surface area contributed by atoms with Gasteiger partial charge in [-0.05, 0) is 30.7 Å². The third-order valence-corrected chi connectivity index (χ3v) is 3.97. The van der Waals surface area contributed by atoms with Crippen molar-refractivity contribution in [2.24, 2.45) is 5.92 Å². The monoisotopic (exact) mass is 296 g/mol. The molecule has 0 aliphatic carbocycles. The molecule has 1 aliphatic rings. The Labute approximate surface area is 130 Å².